The van der Waals surface area contributed by atoms with E-state index < -0.39 is 0 Å². The third-order valence-corrected chi connectivity index (χ3v) is 3.19. The predicted octanol–water partition coefficient (Wildman–Crippen LogP) is 3.28. The SMILES string of the molecule is CCCCN(CCCC)CCNC(C)CC. The van der Waals surface area contributed by atoms with E-state index in [4.69, 9.17) is 0 Å². The molecule has 16 heavy (non-hydrogen) atoms. The van der Waals surface area contributed by atoms with Gasteiger partial charge in [-0.15, -0.1) is 0 Å². The van der Waals surface area contributed by atoms with Crippen LogP contribution in [0.2, 0.25) is 0 Å². The first-order valence-electron chi connectivity index (χ1n) is 7.20. The van der Waals surface area contributed by atoms with E-state index in [9.17, 15) is 0 Å². The average molecular weight is 228 g/mol. The van der Waals surface area contributed by atoms with Gasteiger partial charge in [-0.1, -0.05) is 33.6 Å². The molecule has 0 amide bonds. The van der Waals surface area contributed by atoms with Crippen molar-refractivity contribution >= 4 is 0 Å². The second-order valence-electron chi connectivity index (χ2n) is 4.81. The van der Waals surface area contributed by atoms with Gasteiger partial charge in [0.15, 0.2) is 0 Å². The predicted molar refractivity (Wildman–Crippen MR) is 74.0 cm³/mol. The van der Waals surface area contributed by atoms with Crippen molar-refractivity contribution in [3.8, 4) is 0 Å². The molecule has 0 aliphatic carbocycles. The van der Waals surface area contributed by atoms with E-state index >= 15 is 0 Å². The average Bonchev–Trinajstić information content (AvgIpc) is 2.31. The second kappa shape index (κ2) is 11.4. The lowest BCUT2D eigenvalue weighted by molar-refractivity contribution is 0.261. The van der Waals surface area contributed by atoms with Crippen LogP contribution in [0.4, 0.5) is 0 Å². The number of nitrogens with zero attached hydrogens (tertiary/aromatic N) is 1. The lowest BCUT2D eigenvalue weighted by Gasteiger charge is -2.23. The first-order chi connectivity index (χ1) is 7.74. The number of hydrogen-bond acceptors (Lipinski definition) is 2. The van der Waals surface area contributed by atoms with E-state index in [-0.39, 0.29) is 0 Å². The van der Waals surface area contributed by atoms with Crippen LogP contribution in [0.15, 0.2) is 0 Å². The van der Waals surface area contributed by atoms with E-state index in [0.29, 0.717) is 6.04 Å². The molecular formula is C14H32N2. The van der Waals surface area contributed by atoms with Crippen LogP contribution in [-0.2, 0) is 0 Å². The van der Waals surface area contributed by atoms with Crippen LogP contribution in [-0.4, -0.2) is 37.1 Å². The maximum absolute atomic E-state index is 3.57. The van der Waals surface area contributed by atoms with E-state index in [1.807, 2.05) is 0 Å². The molecule has 0 heterocycles. The maximum atomic E-state index is 3.57. The molecule has 0 radical (unpaired) electrons. The Morgan fingerprint density at radius 2 is 1.50 bits per heavy atom. The van der Waals surface area contributed by atoms with Crippen molar-refractivity contribution in [1.82, 2.24) is 10.2 Å². The van der Waals surface area contributed by atoms with Crippen molar-refractivity contribution in [1.29, 1.82) is 0 Å². The molecule has 98 valence electrons. The van der Waals surface area contributed by atoms with Gasteiger partial charge in [0.05, 0.1) is 0 Å². The molecule has 1 N–H and O–H groups in total. The summed E-state index contributed by atoms with van der Waals surface area (Å²) in [6.07, 6.45) is 6.52. The summed E-state index contributed by atoms with van der Waals surface area (Å²) in [6.45, 7) is 14.0. The molecule has 0 aromatic carbocycles. The Labute approximate surface area is 103 Å². The summed E-state index contributed by atoms with van der Waals surface area (Å²) in [5.74, 6) is 0. The summed E-state index contributed by atoms with van der Waals surface area (Å²) >= 11 is 0. The zero-order valence-electron chi connectivity index (χ0n) is 11.9. The van der Waals surface area contributed by atoms with Crippen LogP contribution in [0.5, 0.6) is 0 Å². The molecule has 0 spiro atoms. The first-order valence-corrected chi connectivity index (χ1v) is 7.20. The summed E-state index contributed by atoms with van der Waals surface area (Å²) in [4.78, 5) is 2.61. The highest BCUT2D eigenvalue weighted by atomic mass is 15.1. The van der Waals surface area contributed by atoms with Gasteiger partial charge >= 0.3 is 0 Å². The first kappa shape index (κ1) is 15.9. The molecule has 0 aliphatic heterocycles. The molecule has 0 saturated heterocycles. The largest absolute Gasteiger partial charge is 0.313 e. The van der Waals surface area contributed by atoms with Gasteiger partial charge in [-0.05, 0) is 39.3 Å². The van der Waals surface area contributed by atoms with Crippen molar-refractivity contribution in [3.05, 3.63) is 0 Å². The van der Waals surface area contributed by atoms with Gasteiger partial charge in [-0.3, -0.25) is 0 Å². The monoisotopic (exact) mass is 228 g/mol. The van der Waals surface area contributed by atoms with E-state index in [1.54, 1.807) is 0 Å². The van der Waals surface area contributed by atoms with Crippen molar-refractivity contribution in [3.63, 3.8) is 0 Å². The van der Waals surface area contributed by atoms with Crippen LogP contribution < -0.4 is 5.32 Å². The Bertz CT molecular complexity index is 129. The molecule has 1 unspecified atom stereocenters. The summed E-state index contributed by atoms with van der Waals surface area (Å²) in [7, 11) is 0. The van der Waals surface area contributed by atoms with Gasteiger partial charge in [0, 0.05) is 19.1 Å². The molecule has 0 aliphatic rings. The van der Waals surface area contributed by atoms with E-state index in [0.717, 1.165) is 6.54 Å². The van der Waals surface area contributed by atoms with Crippen LogP contribution >= 0.6 is 0 Å². The molecule has 0 aromatic heterocycles. The van der Waals surface area contributed by atoms with Crippen molar-refractivity contribution < 1.29 is 0 Å². The standard InChI is InChI=1S/C14H32N2/c1-5-8-11-16(12-9-6-2)13-10-15-14(4)7-3/h14-15H,5-13H2,1-4H3. The fraction of sp³-hybridized carbons (Fsp3) is 1.00. The third kappa shape index (κ3) is 9.17. The Balaban J connectivity index is 3.63. The lowest BCUT2D eigenvalue weighted by Crippen LogP contribution is -2.36. The van der Waals surface area contributed by atoms with Crippen molar-refractivity contribution in [2.24, 2.45) is 0 Å². The smallest absolute Gasteiger partial charge is 0.0107 e. The molecule has 0 aromatic rings. The number of hydrogen-bond donors (Lipinski definition) is 1. The lowest BCUT2D eigenvalue weighted by atomic mass is 10.2. The van der Waals surface area contributed by atoms with Crippen LogP contribution in [0.25, 0.3) is 0 Å². The maximum Gasteiger partial charge on any atom is 0.0107 e. The van der Waals surface area contributed by atoms with Gasteiger partial charge in [0.25, 0.3) is 0 Å². The highest BCUT2D eigenvalue weighted by molar-refractivity contribution is 4.63. The Kier molecular flexibility index (Phi) is 11.3. The minimum absolute atomic E-state index is 0.666. The normalized spacial score (nSPS) is 13.3. The topological polar surface area (TPSA) is 15.3 Å². The van der Waals surface area contributed by atoms with Gasteiger partial charge in [0.1, 0.15) is 0 Å². The summed E-state index contributed by atoms with van der Waals surface area (Å²) in [6, 6.07) is 0.666. The fourth-order valence-electron chi connectivity index (χ4n) is 1.71. The zero-order valence-corrected chi connectivity index (χ0v) is 11.9. The molecule has 0 bridgehead atoms. The number of nitrogens with one attached hydrogen (secondary N) is 1. The highest BCUT2D eigenvalue weighted by Gasteiger charge is 2.04. The Hall–Kier alpha value is -0.0800. The minimum Gasteiger partial charge on any atom is -0.313 e. The van der Waals surface area contributed by atoms with Crippen molar-refractivity contribution in [2.75, 3.05) is 26.2 Å². The van der Waals surface area contributed by atoms with Gasteiger partial charge in [-0.25, -0.2) is 0 Å². The van der Waals surface area contributed by atoms with Crippen LogP contribution in [0.3, 0.4) is 0 Å². The number of rotatable bonds is 11. The quantitative estimate of drug-likeness (QED) is 0.584. The molecular weight excluding hydrogens is 196 g/mol. The number of unbranched alkanes of at least 4 members (excludes halogenated alkanes) is 2. The summed E-state index contributed by atoms with van der Waals surface area (Å²) in [5.41, 5.74) is 0. The van der Waals surface area contributed by atoms with E-state index in [2.05, 4.69) is 37.9 Å². The van der Waals surface area contributed by atoms with Gasteiger partial charge in [0.2, 0.25) is 0 Å². The van der Waals surface area contributed by atoms with Gasteiger partial charge in [-0.2, -0.15) is 0 Å². The van der Waals surface area contributed by atoms with Crippen LogP contribution in [0.1, 0.15) is 59.8 Å². The molecule has 0 saturated carbocycles. The van der Waals surface area contributed by atoms with Crippen molar-refractivity contribution in [2.45, 2.75) is 65.8 Å². The summed E-state index contributed by atoms with van der Waals surface area (Å²) < 4.78 is 0. The highest BCUT2D eigenvalue weighted by Crippen LogP contribution is 1.98. The van der Waals surface area contributed by atoms with Gasteiger partial charge < -0.3 is 10.2 Å². The zero-order chi connectivity index (χ0) is 12.2. The minimum atomic E-state index is 0.666. The van der Waals surface area contributed by atoms with E-state index in [1.165, 1.54) is 51.7 Å². The Morgan fingerprint density at radius 3 is 1.94 bits per heavy atom. The molecule has 2 heteroatoms. The third-order valence-electron chi connectivity index (χ3n) is 3.19. The second-order valence-corrected chi connectivity index (χ2v) is 4.81. The summed E-state index contributed by atoms with van der Waals surface area (Å²) in [5, 5.41) is 3.57. The Morgan fingerprint density at radius 1 is 0.938 bits per heavy atom. The molecule has 1 atom stereocenters. The van der Waals surface area contributed by atoms with Crippen LogP contribution in [0, 0.1) is 0 Å². The fourth-order valence-corrected chi connectivity index (χ4v) is 1.71. The molecule has 0 rings (SSSR count). The molecule has 2 nitrogen and oxygen atoms in total. The molecule has 0 fully saturated rings.